The average Bonchev–Trinajstić information content (AvgIpc) is 3.14. The normalized spacial score (nSPS) is 15.2. The van der Waals surface area contributed by atoms with Crippen LogP contribution in [0, 0.1) is 17.5 Å². The summed E-state index contributed by atoms with van der Waals surface area (Å²) in [5.41, 5.74) is 3.46. The number of aromatic nitrogens is 2. The molecule has 186 valence electrons. The van der Waals surface area contributed by atoms with Gasteiger partial charge in [-0.1, -0.05) is 0 Å². The van der Waals surface area contributed by atoms with E-state index in [4.69, 9.17) is 5.73 Å². The van der Waals surface area contributed by atoms with E-state index in [-0.39, 0.29) is 48.3 Å². The Kier molecular flexibility index (Phi) is 6.04. The number of hydrogen-bond donors (Lipinski definition) is 2. The van der Waals surface area contributed by atoms with Gasteiger partial charge in [0.05, 0.1) is 17.6 Å². The number of carbonyl (C=O) groups excluding carboxylic acids is 1. The van der Waals surface area contributed by atoms with E-state index < -0.39 is 34.7 Å². The molecule has 2 aromatic carbocycles. The Bertz CT molecular complexity index is 1300. The zero-order valence-corrected chi connectivity index (χ0v) is 18.7. The molecular weight excluding hydrogens is 476 g/mol. The van der Waals surface area contributed by atoms with E-state index in [2.05, 4.69) is 10.3 Å². The number of nitrogens with zero attached hydrogens (tertiary/aromatic N) is 3. The highest BCUT2D eigenvalue weighted by Crippen LogP contribution is 2.40. The Morgan fingerprint density at radius 2 is 1.77 bits per heavy atom. The summed E-state index contributed by atoms with van der Waals surface area (Å²) in [6.45, 7) is 3.69. The second-order valence-corrected chi connectivity index (χ2v) is 8.54. The van der Waals surface area contributed by atoms with Gasteiger partial charge in [0.1, 0.15) is 23.2 Å². The van der Waals surface area contributed by atoms with Crippen LogP contribution in [0.1, 0.15) is 25.2 Å². The molecule has 0 aliphatic carbocycles. The Hall–Kier alpha value is -3.54. The Labute approximate surface area is 196 Å². The maximum absolute atomic E-state index is 14.2. The van der Waals surface area contributed by atoms with E-state index in [1.54, 1.807) is 18.4 Å². The molecule has 0 saturated heterocycles. The molecule has 0 spiro atoms. The standard InChI is InChI=1S/C23H21F6N5O/c1-22(2)21-32-19(12-3-6-15(24)17(26)9-12)20(33(21)7-8-34(22)18(35)11-30)31-13-4-5-14(16(25)10-13)23(27,28)29/h3-6,9-10,31H,7-8,11,30H2,1-2H3. The third-order valence-corrected chi connectivity index (χ3v) is 5.94. The van der Waals surface area contributed by atoms with Gasteiger partial charge in [-0.25, -0.2) is 18.2 Å². The predicted octanol–water partition coefficient (Wildman–Crippen LogP) is 4.77. The minimum absolute atomic E-state index is 0.0136. The van der Waals surface area contributed by atoms with Crippen LogP contribution in [0.3, 0.4) is 0 Å². The molecule has 1 aliphatic heterocycles. The van der Waals surface area contributed by atoms with Crippen molar-refractivity contribution in [1.82, 2.24) is 14.5 Å². The zero-order valence-electron chi connectivity index (χ0n) is 18.7. The van der Waals surface area contributed by atoms with Crippen molar-refractivity contribution in [2.75, 3.05) is 18.4 Å². The first-order valence-electron chi connectivity index (χ1n) is 10.5. The van der Waals surface area contributed by atoms with Gasteiger partial charge in [0.15, 0.2) is 11.6 Å². The molecule has 3 aromatic rings. The molecular formula is C23H21F6N5O. The molecule has 3 N–H and O–H groups in total. The first-order chi connectivity index (χ1) is 16.3. The summed E-state index contributed by atoms with van der Waals surface area (Å²) in [5.74, 6) is -3.40. The van der Waals surface area contributed by atoms with Crippen molar-refractivity contribution in [1.29, 1.82) is 0 Å². The summed E-state index contributed by atoms with van der Waals surface area (Å²) in [4.78, 5) is 18.5. The van der Waals surface area contributed by atoms with E-state index in [1.807, 2.05) is 0 Å². The second-order valence-electron chi connectivity index (χ2n) is 8.54. The summed E-state index contributed by atoms with van der Waals surface area (Å²) < 4.78 is 82.4. The van der Waals surface area contributed by atoms with Gasteiger partial charge in [0, 0.05) is 24.3 Å². The Morgan fingerprint density at radius 3 is 2.37 bits per heavy atom. The van der Waals surface area contributed by atoms with E-state index >= 15 is 0 Å². The minimum Gasteiger partial charge on any atom is -0.340 e. The van der Waals surface area contributed by atoms with Gasteiger partial charge in [-0.05, 0) is 50.2 Å². The lowest BCUT2D eigenvalue weighted by atomic mass is 9.99. The molecule has 12 heteroatoms. The lowest BCUT2D eigenvalue weighted by molar-refractivity contribution is -0.140. The maximum Gasteiger partial charge on any atom is 0.419 e. The number of fused-ring (bicyclic) bond motifs is 1. The summed E-state index contributed by atoms with van der Waals surface area (Å²) in [5, 5.41) is 2.88. The number of nitrogens with two attached hydrogens (primary N) is 1. The van der Waals surface area contributed by atoms with Crippen LogP contribution in [-0.2, 0) is 23.1 Å². The third kappa shape index (κ3) is 4.33. The number of anilines is 2. The first-order valence-corrected chi connectivity index (χ1v) is 10.5. The Balaban J connectivity index is 1.86. The van der Waals surface area contributed by atoms with Gasteiger partial charge in [0.25, 0.3) is 0 Å². The number of nitrogens with one attached hydrogen (secondary N) is 1. The van der Waals surface area contributed by atoms with Crippen molar-refractivity contribution in [2.45, 2.75) is 32.1 Å². The van der Waals surface area contributed by atoms with Crippen molar-refractivity contribution >= 4 is 17.4 Å². The highest BCUT2D eigenvalue weighted by Gasteiger charge is 2.41. The van der Waals surface area contributed by atoms with Crippen LogP contribution < -0.4 is 11.1 Å². The topological polar surface area (TPSA) is 76.2 Å². The molecule has 0 atom stereocenters. The summed E-state index contributed by atoms with van der Waals surface area (Å²) in [7, 11) is 0. The van der Waals surface area contributed by atoms with Crippen LogP contribution in [0.15, 0.2) is 36.4 Å². The van der Waals surface area contributed by atoms with Crippen molar-refractivity contribution < 1.29 is 31.1 Å². The smallest absolute Gasteiger partial charge is 0.340 e. The van der Waals surface area contributed by atoms with Gasteiger partial charge in [-0.2, -0.15) is 13.2 Å². The third-order valence-electron chi connectivity index (χ3n) is 5.94. The number of rotatable bonds is 4. The number of halogens is 6. The minimum atomic E-state index is -4.86. The molecule has 0 saturated carbocycles. The fraction of sp³-hybridized carbons (Fsp3) is 0.304. The fourth-order valence-electron chi connectivity index (χ4n) is 4.22. The zero-order chi connectivity index (χ0) is 25.7. The lowest BCUT2D eigenvalue weighted by Crippen LogP contribution is -2.53. The number of alkyl halides is 3. The molecule has 0 unspecified atom stereocenters. The molecule has 35 heavy (non-hydrogen) atoms. The number of carbonyl (C=O) groups is 1. The molecule has 6 nitrogen and oxygen atoms in total. The number of benzene rings is 2. The molecule has 0 fully saturated rings. The molecule has 2 heterocycles. The van der Waals surface area contributed by atoms with Crippen LogP contribution >= 0.6 is 0 Å². The van der Waals surface area contributed by atoms with Crippen LogP contribution in [0.4, 0.5) is 37.8 Å². The summed E-state index contributed by atoms with van der Waals surface area (Å²) in [6.07, 6.45) is -4.86. The van der Waals surface area contributed by atoms with Crippen molar-refractivity contribution in [3.8, 4) is 11.3 Å². The monoisotopic (exact) mass is 497 g/mol. The first kappa shape index (κ1) is 24.6. The Morgan fingerprint density at radius 1 is 1.06 bits per heavy atom. The van der Waals surface area contributed by atoms with Gasteiger partial charge in [0.2, 0.25) is 5.91 Å². The predicted molar refractivity (Wildman–Crippen MR) is 116 cm³/mol. The van der Waals surface area contributed by atoms with Gasteiger partial charge >= 0.3 is 6.18 Å². The van der Waals surface area contributed by atoms with E-state index in [0.717, 1.165) is 18.2 Å². The van der Waals surface area contributed by atoms with Crippen molar-refractivity contribution in [3.05, 3.63) is 65.2 Å². The molecule has 1 amide bonds. The molecule has 4 rings (SSSR count). The lowest BCUT2D eigenvalue weighted by Gasteiger charge is -2.42. The molecule has 0 bridgehead atoms. The SMILES string of the molecule is CC1(C)c2nc(-c3ccc(F)c(F)c3)c(Nc3ccc(C(F)(F)F)c(F)c3)n2CCN1C(=O)CN. The highest BCUT2D eigenvalue weighted by atomic mass is 19.4. The molecule has 0 radical (unpaired) electrons. The summed E-state index contributed by atoms with van der Waals surface area (Å²) in [6, 6.07) is 5.49. The second kappa shape index (κ2) is 8.59. The van der Waals surface area contributed by atoms with Crippen LogP contribution in [0.2, 0.25) is 0 Å². The van der Waals surface area contributed by atoms with E-state index in [9.17, 15) is 31.1 Å². The van der Waals surface area contributed by atoms with Gasteiger partial charge in [-0.15, -0.1) is 0 Å². The number of hydrogen-bond acceptors (Lipinski definition) is 4. The fourth-order valence-corrected chi connectivity index (χ4v) is 4.22. The van der Waals surface area contributed by atoms with Crippen molar-refractivity contribution in [2.24, 2.45) is 5.73 Å². The highest BCUT2D eigenvalue weighted by molar-refractivity contribution is 5.80. The maximum atomic E-state index is 14.2. The quantitative estimate of drug-likeness (QED) is 0.510. The van der Waals surface area contributed by atoms with E-state index in [0.29, 0.717) is 18.0 Å². The van der Waals surface area contributed by atoms with Gasteiger partial charge < -0.3 is 20.5 Å². The van der Waals surface area contributed by atoms with Crippen LogP contribution in [0.5, 0.6) is 0 Å². The summed E-state index contributed by atoms with van der Waals surface area (Å²) >= 11 is 0. The van der Waals surface area contributed by atoms with Crippen molar-refractivity contribution in [3.63, 3.8) is 0 Å². The van der Waals surface area contributed by atoms with Crippen LogP contribution in [0.25, 0.3) is 11.3 Å². The molecule has 1 aliphatic rings. The van der Waals surface area contributed by atoms with Gasteiger partial charge in [-0.3, -0.25) is 4.79 Å². The average molecular weight is 497 g/mol. The van der Waals surface area contributed by atoms with Crippen LogP contribution in [-0.4, -0.2) is 33.4 Å². The van der Waals surface area contributed by atoms with E-state index in [1.165, 1.54) is 11.0 Å². The number of amides is 1. The number of imidazole rings is 1. The largest absolute Gasteiger partial charge is 0.419 e. The molecule has 1 aromatic heterocycles.